The van der Waals surface area contributed by atoms with Crippen LogP contribution in [0.2, 0.25) is 10.0 Å². The molecular weight excluding hydrogens is 411 g/mol. The second-order valence-electron chi connectivity index (χ2n) is 5.30. The molecule has 2 aromatic rings. The van der Waals surface area contributed by atoms with Crippen molar-refractivity contribution in [2.24, 2.45) is 10.7 Å². The van der Waals surface area contributed by atoms with Gasteiger partial charge in [-0.1, -0.05) is 23.2 Å². The maximum atomic E-state index is 12.3. The molecule has 9 heteroatoms. The maximum absolute atomic E-state index is 12.3. The molecule has 1 amide bonds. The highest BCUT2D eigenvalue weighted by Gasteiger charge is 2.21. The molecule has 0 fully saturated rings. The fourth-order valence-corrected chi connectivity index (χ4v) is 3.30. The lowest BCUT2D eigenvalue weighted by molar-refractivity contribution is -0.113. The molecule has 0 bridgehead atoms. The minimum atomic E-state index is -0.610. The summed E-state index contributed by atoms with van der Waals surface area (Å²) in [5.41, 5.74) is 6.42. The average molecular weight is 423 g/mol. The number of amidine groups is 1. The summed E-state index contributed by atoms with van der Waals surface area (Å²) in [6.07, 6.45) is 1.58. The third-order valence-corrected chi connectivity index (χ3v) is 4.81. The summed E-state index contributed by atoms with van der Waals surface area (Å²) in [4.78, 5) is 28.0. The number of methoxy groups -OCH3 is 1. The number of halogens is 2. The van der Waals surface area contributed by atoms with E-state index in [4.69, 9.17) is 38.4 Å². The number of amides is 1. The van der Waals surface area contributed by atoms with Gasteiger partial charge in [0, 0.05) is 5.02 Å². The Morgan fingerprint density at radius 2 is 1.93 bits per heavy atom. The molecule has 0 atom stereocenters. The van der Waals surface area contributed by atoms with Crippen LogP contribution in [-0.4, -0.2) is 24.2 Å². The van der Waals surface area contributed by atoms with Crippen LogP contribution in [0.4, 0.5) is 0 Å². The molecule has 138 valence electrons. The number of nitrogens with two attached hydrogens (primary N) is 1. The number of carbonyl (C=O) groups is 2. The van der Waals surface area contributed by atoms with Gasteiger partial charge in [-0.2, -0.15) is 4.99 Å². The molecule has 0 saturated heterocycles. The van der Waals surface area contributed by atoms with Crippen LogP contribution >= 0.6 is 35.0 Å². The summed E-state index contributed by atoms with van der Waals surface area (Å²) in [5.74, 6) is -0.727. The van der Waals surface area contributed by atoms with Gasteiger partial charge < -0.3 is 15.2 Å². The number of ether oxygens (including phenoxy) is 2. The molecule has 0 spiro atoms. The SMILES string of the molecule is COc1cc(/C=C2\SC(N)=NC2=O)cc(Cl)c1OC(=O)c1ccc(Cl)cc1. The third kappa shape index (κ3) is 4.44. The minimum Gasteiger partial charge on any atom is -0.493 e. The number of nitrogens with zero attached hydrogens (tertiary/aromatic N) is 1. The maximum Gasteiger partial charge on any atom is 0.343 e. The van der Waals surface area contributed by atoms with Crippen molar-refractivity contribution in [1.29, 1.82) is 0 Å². The molecule has 0 radical (unpaired) electrons. The van der Waals surface area contributed by atoms with Crippen LogP contribution in [0.3, 0.4) is 0 Å². The molecule has 6 nitrogen and oxygen atoms in total. The lowest BCUT2D eigenvalue weighted by atomic mass is 10.1. The van der Waals surface area contributed by atoms with Gasteiger partial charge >= 0.3 is 5.97 Å². The molecule has 2 N–H and O–H groups in total. The van der Waals surface area contributed by atoms with E-state index in [0.29, 0.717) is 21.1 Å². The predicted molar refractivity (Wildman–Crippen MR) is 107 cm³/mol. The number of aliphatic imine (C=N–C) groups is 1. The zero-order valence-electron chi connectivity index (χ0n) is 13.9. The Morgan fingerprint density at radius 1 is 1.22 bits per heavy atom. The van der Waals surface area contributed by atoms with E-state index in [2.05, 4.69) is 4.99 Å². The van der Waals surface area contributed by atoms with Crippen LogP contribution in [0, 0.1) is 0 Å². The highest BCUT2D eigenvalue weighted by molar-refractivity contribution is 8.18. The first-order valence-corrected chi connectivity index (χ1v) is 9.08. The van der Waals surface area contributed by atoms with E-state index >= 15 is 0 Å². The molecule has 1 aliphatic rings. The van der Waals surface area contributed by atoms with Crippen molar-refractivity contribution in [2.75, 3.05) is 7.11 Å². The molecule has 3 rings (SSSR count). The van der Waals surface area contributed by atoms with Gasteiger partial charge in [-0.15, -0.1) is 0 Å². The fraction of sp³-hybridized carbons (Fsp3) is 0.0556. The number of hydrogen-bond acceptors (Lipinski definition) is 6. The van der Waals surface area contributed by atoms with Crippen molar-refractivity contribution in [2.45, 2.75) is 0 Å². The van der Waals surface area contributed by atoms with E-state index in [-0.39, 0.29) is 21.7 Å². The minimum absolute atomic E-state index is 0.0717. The van der Waals surface area contributed by atoms with Crippen LogP contribution in [-0.2, 0) is 4.79 Å². The first-order chi connectivity index (χ1) is 12.9. The van der Waals surface area contributed by atoms with E-state index in [1.807, 2.05) is 0 Å². The molecule has 1 heterocycles. The van der Waals surface area contributed by atoms with Crippen molar-refractivity contribution in [3.05, 3.63) is 62.5 Å². The van der Waals surface area contributed by atoms with Crippen LogP contribution in [0.15, 0.2) is 46.3 Å². The van der Waals surface area contributed by atoms with Crippen molar-refractivity contribution in [1.82, 2.24) is 0 Å². The Kier molecular flexibility index (Phi) is 5.74. The average Bonchev–Trinajstić information content (AvgIpc) is 2.94. The van der Waals surface area contributed by atoms with Crippen LogP contribution < -0.4 is 15.2 Å². The lowest BCUT2D eigenvalue weighted by Crippen LogP contribution is -2.09. The number of benzene rings is 2. The number of rotatable bonds is 4. The van der Waals surface area contributed by atoms with Gasteiger partial charge in [-0.05, 0) is 59.8 Å². The molecule has 0 aliphatic carbocycles. The van der Waals surface area contributed by atoms with Crippen LogP contribution in [0.5, 0.6) is 11.5 Å². The molecular formula is C18H12Cl2N2O4S. The molecule has 1 aliphatic heterocycles. The number of thioether (sulfide) groups is 1. The smallest absolute Gasteiger partial charge is 0.343 e. The second kappa shape index (κ2) is 8.04. The van der Waals surface area contributed by atoms with Crippen molar-refractivity contribution in [3.8, 4) is 11.5 Å². The van der Waals surface area contributed by atoms with E-state index < -0.39 is 11.9 Å². The van der Waals surface area contributed by atoms with Gasteiger partial charge in [-0.25, -0.2) is 4.79 Å². The van der Waals surface area contributed by atoms with Gasteiger partial charge in [0.15, 0.2) is 16.7 Å². The van der Waals surface area contributed by atoms with Gasteiger partial charge in [0.2, 0.25) is 0 Å². The van der Waals surface area contributed by atoms with Crippen LogP contribution in [0.1, 0.15) is 15.9 Å². The second-order valence-corrected chi connectivity index (χ2v) is 7.20. The molecule has 0 aromatic heterocycles. The van der Waals surface area contributed by atoms with E-state index in [9.17, 15) is 9.59 Å². The fourth-order valence-electron chi connectivity index (χ4n) is 2.24. The summed E-state index contributed by atoms with van der Waals surface area (Å²) in [7, 11) is 1.42. The Morgan fingerprint density at radius 3 is 2.52 bits per heavy atom. The zero-order valence-corrected chi connectivity index (χ0v) is 16.2. The quantitative estimate of drug-likeness (QED) is 0.451. The number of hydrogen-bond donors (Lipinski definition) is 1. The Labute approximate surface area is 168 Å². The van der Waals surface area contributed by atoms with Gasteiger partial charge in [0.25, 0.3) is 5.91 Å². The molecule has 0 saturated carbocycles. The molecule has 27 heavy (non-hydrogen) atoms. The van der Waals surface area contributed by atoms with Crippen molar-refractivity contribution < 1.29 is 19.1 Å². The number of carbonyl (C=O) groups excluding carboxylic acids is 2. The summed E-state index contributed by atoms with van der Waals surface area (Å²) in [5, 5.41) is 0.828. The van der Waals surface area contributed by atoms with E-state index in [0.717, 1.165) is 11.8 Å². The standard InChI is InChI=1S/C18H12Cl2N2O4S/c1-25-13-7-9(8-14-16(23)22-18(21)27-14)6-12(20)15(13)26-17(24)10-2-4-11(19)5-3-10/h2-8H,1H3,(H2,21,22,23)/b14-8-. The monoisotopic (exact) mass is 422 g/mol. The summed E-state index contributed by atoms with van der Waals surface area (Å²) < 4.78 is 10.7. The molecule has 2 aromatic carbocycles. The third-order valence-electron chi connectivity index (χ3n) is 3.46. The highest BCUT2D eigenvalue weighted by Crippen LogP contribution is 2.38. The van der Waals surface area contributed by atoms with E-state index in [1.54, 1.807) is 30.3 Å². The predicted octanol–water partition coefficient (Wildman–Crippen LogP) is 4.15. The molecule has 0 unspecified atom stereocenters. The van der Waals surface area contributed by atoms with Gasteiger partial charge in [-0.3, -0.25) is 4.79 Å². The van der Waals surface area contributed by atoms with Crippen molar-refractivity contribution >= 4 is 58.1 Å². The summed E-state index contributed by atoms with van der Waals surface area (Å²) in [6.45, 7) is 0. The Hall–Kier alpha value is -2.48. The first kappa shape index (κ1) is 19.3. The lowest BCUT2D eigenvalue weighted by Gasteiger charge is -2.12. The topological polar surface area (TPSA) is 91.0 Å². The Balaban J connectivity index is 1.88. The van der Waals surface area contributed by atoms with Crippen LogP contribution in [0.25, 0.3) is 6.08 Å². The van der Waals surface area contributed by atoms with Gasteiger partial charge in [0.05, 0.1) is 22.6 Å². The van der Waals surface area contributed by atoms with E-state index in [1.165, 1.54) is 19.2 Å². The largest absolute Gasteiger partial charge is 0.493 e. The van der Waals surface area contributed by atoms with Crippen molar-refractivity contribution in [3.63, 3.8) is 0 Å². The summed E-state index contributed by atoms with van der Waals surface area (Å²) >= 11 is 13.1. The zero-order chi connectivity index (χ0) is 19.6. The van der Waals surface area contributed by atoms with Gasteiger partial charge in [0.1, 0.15) is 0 Å². The first-order valence-electron chi connectivity index (χ1n) is 7.50. The Bertz CT molecular complexity index is 988. The highest BCUT2D eigenvalue weighted by atomic mass is 35.5. The normalized spacial score (nSPS) is 15.0. The number of esters is 1. The summed E-state index contributed by atoms with van der Waals surface area (Å²) in [6, 6.07) is 9.37.